The molecule has 0 spiro atoms. The second-order valence-corrected chi connectivity index (χ2v) is 7.18. The molecule has 4 N–H and O–H groups in total. The van der Waals surface area contributed by atoms with Crippen molar-refractivity contribution in [3.8, 4) is 0 Å². The highest BCUT2D eigenvalue weighted by Crippen LogP contribution is 2.29. The van der Waals surface area contributed by atoms with Gasteiger partial charge in [-0.05, 0) is 39.2 Å². The first-order chi connectivity index (χ1) is 12.3. The highest BCUT2D eigenvalue weighted by molar-refractivity contribution is 6.00. The van der Waals surface area contributed by atoms with Crippen LogP contribution in [0.4, 0.5) is 15.8 Å². The normalized spacial score (nSPS) is 15.4. The van der Waals surface area contributed by atoms with Gasteiger partial charge in [-0.1, -0.05) is 0 Å². The predicted octanol–water partition coefficient (Wildman–Crippen LogP) is 2.11. The lowest BCUT2D eigenvalue weighted by Crippen LogP contribution is -2.35. The number of amides is 1. The van der Waals surface area contributed by atoms with Crippen LogP contribution in [0.2, 0.25) is 0 Å². The lowest BCUT2D eigenvalue weighted by atomic mass is 9.96. The first kappa shape index (κ1) is 18.3. The van der Waals surface area contributed by atoms with E-state index in [9.17, 15) is 14.3 Å². The quantitative estimate of drug-likeness (QED) is 0.731. The van der Waals surface area contributed by atoms with E-state index in [2.05, 4.69) is 15.4 Å². The highest BCUT2D eigenvalue weighted by atomic mass is 19.1. The summed E-state index contributed by atoms with van der Waals surface area (Å²) in [6.45, 7) is 3.63. The van der Waals surface area contributed by atoms with Crippen LogP contribution < -0.4 is 11.1 Å². The van der Waals surface area contributed by atoms with Crippen molar-refractivity contribution in [3.63, 3.8) is 0 Å². The third-order valence-corrected chi connectivity index (χ3v) is 4.67. The van der Waals surface area contributed by atoms with Crippen LogP contribution in [0.15, 0.2) is 18.5 Å². The minimum absolute atomic E-state index is 0.134. The second-order valence-electron chi connectivity index (χ2n) is 7.18. The Morgan fingerprint density at radius 1 is 1.46 bits per heavy atom. The van der Waals surface area contributed by atoms with E-state index in [0.717, 1.165) is 37.2 Å². The maximum Gasteiger partial charge on any atom is 0.252 e. The van der Waals surface area contributed by atoms with Crippen molar-refractivity contribution in [1.82, 2.24) is 14.8 Å². The van der Waals surface area contributed by atoms with E-state index < -0.39 is 17.7 Å². The molecule has 0 radical (unpaired) electrons. The molecule has 1 aliphatic heterocycles. The van der Waals surface area contributed by atoms with Crippen molar-refractivity contribution in [3.05, 3.63) is 35.4 Å². The molecule has 2 aromatic rings. The summed E-state index contributed by atoms with van der Waals surface area (Å²) in [5.41, 5.74) is 6.71. The number of pyridine rings is 1. The van der Waals surface area contributed by atoms with Gasteiger partial charge in [0.05, 0.1) is 40.1 Å². The predicted molar refractivity (Wildman–Crippen MR) is 96.1 cm³/mol. The number of nitrogens with zero attached hydrogens (tertiary/aromatic N) is 3. The van der Waals surface area contributed by atoms with Gasteiger partial charge < -0.3 is 16.2 Å². The van der Waals surface area contributed by atoms with E-state index >= 15 is 0 Å². The standard InChI is InChI=1S/C18H24FN5O2/c1-18(2,26)15(19)9-12-16(17(20)25)11(6-7-21-12)23-13-10-22-24-8-4-3-5-14(13)24/h6-7,10,15,26H,3-5,8-9H2,1-2H3,(H2,20,25)(H,21,23). The lowest BCUT2D eigenvalue weighted by Gasteiger charge is -2.23. The largest absolute Gasteiger partial charge is 0.387 e. The number of anilines is 2. The molecule has 1 unspecified atom stereocenters. The third-order valence-electron chi connectivity index (χ3n) is 4.67. The number of hydrogen-bond acceptors (Lipinski definition) is 5. The van der Waals surface area contributed by atoms with Gasteiger partial charge in [0, 0.05) is 19.2 Å². The molecule has 1 aliphatic rings. The summed E-state index contributed by atoms with van der Waals surface area (Å²) in [7, 11) is 0. The summed E-state index contributed by atoms with van der Waals surface area (Å²) in [5.74, 6) is -0.695. The van der Waals surface area contributed by atoms with Crippen LogP contribution in [-0.2, 0) is 19.4 Å². The van der Waals surface area contributed by atoms with Gasteiger partial charge in [0.15, 0.2) is 0 Å². The number of nitrogens with two attached hydrogens (primary N) is 1. The van der Waals surface area contributed by atoms with Gasteiger partial charge in [0.25, 0.3) is 5.91 Å². The van der Waals surface area contributed by atoms with Crippen molar-refractivity contribution >= 4 is 17.3 Å². The van der Waals surface area contributed by atoms with Gasteiger partial charge >= 0.3 is 0 Å². The number of fused-ring (bicyclic) bond motifs is 1. The SMILES string of the molecule is CC(C)(O)C(F)Cc1nccc(Nc2cnn3c2CCCC3)c1C(N)=O. The van der Waals surface area contributed by atoms with Crippen LogP contribution in [0.5, 0.6) is 0 Å². The summed E-state index contributed by atoms with van der Waals surface area (Å²) < 4.78 is 16.2. The lowest BCUT2D eigenvalue weighted by molar-refractivity contribution is -0.00307. The number of alkyl halides is 1. The van der Waals surface area contributed by atoms with E-state index in [0.29, 0.717) is 5.69 Å². The van der Waals surface area contributed by atoms with E-state index in [-0.39, 0.29) is 17.7 Å². The Morgan fingerprint density at radius 3 is 2.92 bits per heavy atom. The first-order valence-corrected chi connectivity index (χ1v) is 8.73. The third kappa shape index (κ3) is 3.70. The van der Waals surface area contributed by atoms with Crippen molar-refractivity contribution in [2.75, 3.05) is 5.32 Å². The Kier molecular flexibility index (Phi) is 4.95. The number of primary amides is 1. The zero-order valence-corrected chi connectivity index (χ0v) is 15.0. The van der Waals surface area contributed by atoms with Crippen LogP contribution in [-0.4, -0.2) is 37.6 Å². The van der Waals surface area contributed by atoms with Gasteiger partial charge in [0.1, 0.15) is 6.17 Å². The van der Waals surface area contributed by atoms with Gasteiger partial charge in [0.2, 0.25) is 0 Å². The number of aliphatic hydroxyl groups is 1. The number of rotatable bonds is 6. The average Bonchev–Trinajstić information content (AvgIpc) is 2.97. The summed E-state index contributed by atoms with van der Waals surface area (Å²) in [6.07, 6.45) is 4.51. The Bertz CT molecular complexity index is 812. The maximum absolute atomic E-state index is 14.3. The Morgan fingerprint density at radius 2 is 2.23 bits per heavy atom. The van der Waals surface area contributed by atoms with Crippen LogP contribution in [0, 0.1) is 0 Å². The Labute approximate surface area is 151 Å². The zero-order valence-electron chi connectivity index (χ0n) is 15.0. The van der Waals surface area contributed by atoms with Crippen molar-refractivity contribution in [2.45, 2.75) is 57.8 Å². The number of carbonyl (C=O) groups is 1. The summed E-state index contributed by atoms with van der Waals surface area (Å²) in [5, 5.41) is 17.4. The molecular weight excluding hydrogens is 337 g/mol. The van der Waals surface area contributed by atoms with Gasteiger partial charge in [-0.15, -0.1) is 0 Å². The molecule has 3 heterocycles. The molecule has 3 rings (SSSR count). The number of aryl methyl sites for hydroxylation is 1. The van der Waals surface area contributed by atoms with Crippen LogP contribution in [0.25, 0.3) is 0 Å². The molecule has 0 aromatic carbocycles. The first-order valence-electron chi connectivity index (χ1n) is 8.73. The van der Waals surface area contributed by atoms with Crippen molar-refractivity contribution in [1.29, 1.82) is 0 Å². The maximum atomic E-state index is 14.3. The monoisotopic (exact) mass is 361 g/mol. The number of halogens is 1. The van der Waals surface area contributed by atoms with Gasteiger partial charge in [-0.2, -0.15) is 5.10 Å². The van der Waals surface area contributed by atoms with E-state index in [4.69, 9.17) is 5.73 Å². The molecule has 1 amide bonds. The van der Waals surface area contributed by atoms with Crippen LogP contribution in [0.1, 0.15) is 48.4 Å². The van der Waals surface area contributed by atoms with Crippen LogP contribution >= 0.6 is 0 Å². The fourth-order valence-electron chi connectivity index (χ4n) is 3.13. The molecule has 1 atom stereocenters. The Balaban J connectivity index is 1.94. The average molecular weight is 361 g/mol. The zero-order chi connectivity index (χ0) is 18.9. The molecule has 0 saturated carbocycles. The molecule has 26 heavy (non-hydrogen) atoms. The molecule has 0 saturated heterocycles. The molecule has 2 aromatic heterocycles. The van der Waals surface area contributed by atoms with Gasteiger partial charge in [-0.25, -0.2) is 4.39 Å². The molecule has 0 fully saturated rings. The summed E-state index contributed by atoms with van der Waals surface area (Å²) >= 11 is 0. The Hall–Kier alpha value is -2.48. The van der Waals surface area contributed by atoms with E-state index in [1.165, 1.54) is 20.0 Å². The van der Waals surface area contributed by atoms with E-state index in [1.54, 1.807) is 12.3 Å². The fourth-order valence-corrected chi connectivity index (χ4v) is 3.13. The van der Waals surface area contributed by atoms with Gasteiger partial charge in [-0.3, -0.25) is 14.5 Å². The van der Waals surface area contributed by atoms with Crippen LogP contribution in [0.3, 0.4) is 0 Å². The molecule has 8 heteroatoms. The topological polar surface area (TPSA) is 106 Å². The molecule has 140 valence electrons. The molecule has 7 nitrogen and oxygen atoms in total. The number of hydrogen-bond donors (Lipinski definition) is 3. The number of nitrogens with one attached hydrogen (secondary N) is 1. The minimum Gasteiger partial charge on any atom is -0.387 e. The van der Waals surface area contributed by atoms with Crippen molar-refractivity contribution < 1.29 is 14.3 Å². The summed E-state index contributed by atoms with van der Waals surface area (Å²) in [4.78, 5) is 16.1. The smallest absolute Gasteiger partial charge is 0.252 e. The molecule has 0 aliphatic carbocycles. The molecule has 0 bridgehead atoms. The fraction of sp³-hybridized carbons (Fsp3) is 0.500. The van der Waals surface area contributed by atoms with Crippen molar-refractivity contribution in [2.24, 2.45) is 5.73 Å². The minimum atomic E-state index is -1.58. The number of aromatic nitrogens is 3. The van der Waals surface area contributed by atoms with E-state index in [1.807, 2.05) is 4.68 Å². The number of carbonyl (C=O) groups excluding carboxylic acids is 1. The second kappa shape index (κ2) is 7.03. The summed E-state index contributed by atoms with van der Waals surface area (Å²) in [6, 6.07) is 1.63. The molecular formula is C18H24FN5O2. The highest BCUT2D eigenvalue weighted by Gasteiger charge is 2.29.